The zero-order valence-corrected chi connectivity index (χ0v) is 11.9. The lowest BCUT2D eigenvalue weighted by Crippen LogP contribution is -2.40. The lowest BCUT2D eigenvalue weighted by molar-refractivity contribution is 0.117. The van der Waals surface area contributed by atoms with Crippen molar-refractivity contribution in [3.8, 4) is 0 Å². The molecule has 2 heteroatoms. The molecule has 0 amide bonds. The third-order valence-electron chi connectivity index (χ3n) is 4.21. The van der Waals surface area contributed by atoms with E-state index in [2.05, 4.69) is 35.2 Å². The molecule has 1 heterocycles. The number of aliphatic hydroxyl groups excluding tert-OH is 1. The van der Waals surface area contributed by atoms with Crippen molar-refractivity contribution in [1.29, 1.82) is 0 Å². The van der Waals surface area contributed by atoms with Crippen LogP contribution in [0.4, 0.5) is 0 Å². The Kier molecular flexibility index (Phi) is 6.38. The molecule has 2 rings (SSSR count). The van der Waals surface area contributed by atoms with Crippen molar-refractivity contribution in [2.75, 3.05) is 19.7 Å². The molecule has 2 nitrogen and oxygen atoms in total. The molecule has 1 aliphatic rings. The fourth-order valence-electron chi connectivity index (χ4n) is 3.12. The summed E-state index contributed by atoms with van der Waals surface area (Å²) in [4.78, 5) is 2.60. The van der Waals surface area contributed by atoms with Crippen LogP contribution >= 0.6 is 0 Å². The van der Waals surface area contributed by atoms with Crippen LogP contribution in [0.2, 0.25) is 0 Å². The molecule has 1 fully saturated rings. The zero-order valence-electron chi connectivity index (χ0n) is 11.9. The van der Waals surface area contributed by atoms with E-state index >= 15 is 0 Å². The highest BCUT2D eigenvalue weighted by molar-refractivity contribution is 5.14. The molecule has 0 aromatic heterocycles. The minimum atomic E-state index is 0.338. The van der Waals surface area contributed by atoms with Crippen LogP contribution in [0.25, 0.3) is 0 Å². The number of hydrogen-bond acceptors (Lipinski definition) is 2. The van der Waals surface area contributed by atoms with E-state index < -0.39 is 0 Å². The van der Waals surface area contributed by atoms with E-state index in [0.717, 1.165) is 6.42 Å². The lowest BCUT2D eigenvalue weighted by Gasteiger charge is -2.35. The highest BCUT2D eigenvalue weighted by Crippen LogP contribution is 2.20. The maximum absolute atomic E-state index is 9.13. The van der Waals surface area contributed by atoms with E-state index in [-0.39, 0.29) is 0 Å². The van der Waals surface area contributed by atoms with Crippen LogP contribution in [0.1, 0.15) is 44.1 Å². The highest BCUT2D eigenvalue weighted by atomic mass is 16.3. The normalized spacial score (nSPS) is 20.6. The Bertz CT molecular complexity index is 336. The van der Waals surface area contributed by atoms with Crippen molar-refractivity contribution < 1.29 is 5.11 Å². The van der Waals surface area contributed by atoms with E-state index in [9.17, 15) is 0 Å². The minimum Gasteiger partial charge on any atom is -0.396 e. The van der Waals surface area contributed by atoms with Crippen molar-refractivity contribution in [2.45, 2.75) is 51.0 Å². The molecule has 1 aliphatic heterocycles. The third-order valence-corrected chi connectivity index (χ3v) is 4.21. The molecule has 1 N–H and O–H groups in total. The second-order valence-electron chi connectivity index (χ2n) is 5.64. The van der Waals surface area contributed by atoms with Gasteiger partial charge in [-0.25, -0.2) is 0 Å². The summed E-state index contributed by atoms with van der Waals surface area (Å²) in [5.74, 6) is 0. The Hall–Kier alpha value is -0.860. The average molecular weight is 261 g/mol. The number of aliphatic hydroxyl groups is 1. The van der Waals surface area contributed by atoms with Gasteiger partial charge in [-0.05, 0) is 57.2 Å². The molecule has 0 bridgehead atoms. The third kappa shape index (κ3) is 4.96. The molecule has 0 spiro atoms. The number of likely N-dealkylation sites (tertiary alicyclic amines) is 1. The molecule has 106 valence electrons. The largest absolute Gasteiger partial charge is 0.396 e. The topological polar surface area (TPSA) is 23.5 Å². The fraction of sp³-hybridized carbons (Fsp3) is 0.647. The van der Waals surface area contributed by atoms with Crippen LogP contribution in [0.5, 0.6) is 0 Å². The fourth-order valence-corrected chi connectivity index (χ4v) is 3.12. The van der Waals surface area contributed by atoms with Gasteiger partial charge in [0.15, 0.2) is 0 Å². The number of rotatable bonds is 7. The molecule has 0 saturated carbocycles. The van der Waals surface area contributed by atoms with E-state index in [1.54, 1.807) is 0 Å². The Morgan fingerprint density at radius 2 is 1.95 bits per heavy atom. The Morgan fingerprint density at radius 1 is 1.11 bits per heavy atom. The quantitative estimate of drug-likeness (QED) is 0.762. The van der Waals surface area contributed by atoms with Gasteiger partial charge in [0.2, 0.25) is 0 Å². The summed E-state index contributed by atoms with van der Waals surface area (Å²) in [6, 6.07) is 11.4. The van der Waals surface area contributed by atoms with Gasteiger partial charge >= 0.3 is 0 Å². The van der Waals surface area contributed by atoms with E-state index in [1.807, 2.05) is 0 Å². The predicted molar refractivity (Wildman–Crippen MR) is 80.3 cm³/mol. The highest BCUT2D eigenvalue weighted by Gasteiger charge is 2.20. The molecule has 1 saturated heterocycles. The van der Waals surface area contributed by atoms with Gasteiger partial charge in [0.25, 0.3) is 0 Å². The van der Waals surface area contributed by atoms with Crippen LogP contribution in [0.15, 0.2) is 30.3 Å². The molecular weight excluding hydrogens is 234 g/mol. The van der Waals surface area contributed by atoms with Gasteiger partial charge in [-0.1, -0.05) is 36.8 Å². The molecule has 1 unspecified atom stereocenters. The van der Waals surface area contributed by atoms with Crippen molar-refractivity contribution in [1.82, 2.24) is 4.90 Å². The summed E-state index contributed by atoms with van der Waals surface area (Å²) in [6.45, 7) is 2.78. The summed E-state index contributed by atoms with van der Waals surface area (Å²) >= 11 is 0. The monoisotopic (exact) mass is 261 g/mol. The van der Waals surface area contributed by atoms with Crippen LogP contribution < -0.4 is 0 Å². The molecule has 1 atom stereocenters. The predicted octanol–water partition coefficient (Wildman–Crippen LogP) is 3.25. The first-order valence-electron chi connectivity index (χ1n) is 7.79. The summed E-state index contributed by atoms with van der Waals surface area (Å²) in [6.07, 6.45) is 8.65. The maximum Gasteiger partial charge on any atom is 0.0445 e. The Morgan fingerprint density at radius 3 is 2.74 bits per heavy atom. The SMILES string of the molecule is OCCC1CCCCN1CCCCc1ccccc1. The van der Waals surface area contributed by atoms with Gasteiger partial charge in [-0.15, -0.1) is 0 Å². The first kappa shape index (κ1) is 14.5. The summed E-state index contributed by atoms with van der Waals surface area (Å²) in [7, 11) is 0. The van der Waals surface area contributed by atoms with Gasteiger partial charge < -0.3 is 10.0 Å². The van der Waals surface area contributed by atoms with Crippen molar-refractivity contribution in [2.24, 2.45) is 0 Å². The molecule has 1 aromatic rings. The van der Waals surface area contributed by atoms with Gasteiger partial charge in [-0.2, -0.15) is 0 Å². The number of hydrogen-bond donors (Lipinski definition) is 1. The van der Waals surface area contributed by atoms with Crippen LogP contribution in [-0.2, 0) is 6.42 Å². The van der Waals surface area contributed by atoms with Gasteiger partial charge in [0.1, 0.15) is 0 Å². The van der Waals surface area contributed by atoms with E-state index in [4.69, 9.17) is 5.11 Å². The average Bonchev–Trinajstić information content (AvgIpc) is 2.47. The molecular formula is C17H27NO. The van der Waals surface area contributed by atoms with Crippen molar-refractivity contribution in [3.63, 3.8) is 0 Å². The van der Waals surface area contributed by atoms with E-state index in [1.165, 1.54) is 57.2 Å². The minimum absolute atomic E-state index is 0.338. The number of aryl methyl sites for hydroxylation is 1. The van der Waals surface area contributed by atoms with E-state index in [0.29, 0.717) is 12.6 Å². The molecule has 1 aromatic carbocycles. The van der Waals surface area contributed by atoms with Crippen molar-refractivity contribution >= 4 is 0 Å². The van der Waals surface area contributed by atoms with Gasteiger partial charge in [-0.3, -0.25) is 0 Å². The summed E-state index contributed by atoms with van der Waals surface area (Å²) in [5.41, 5.74) is 1.45. The number of benzene rings is 1. The van der Waals surface area contributed by atoms with Gasteiger partial charge in [0.05, 0.1) is 0 Å². The van der Waals surface area contributed by atoms with Gasteiger partial charge in [0, 0.05) is 12.6 Å². The molecule has 19 heavy (non-hydrogen) atoms. The standard InChI is InChI=1S/C17H27NO/c19-15-12-17-11-5-7-14-18(17)13-6-4-10-16-8-2-1-3-9-16/h1-3,8-9,17,19H,4-7,10-15H2. The van der Waals surface area contributed by atoms with Crippen LogP contribution in [-0.4, -0.2) is 35.7 Å². The zero-order chi connectivity index (χ0) is 13.3. The first-order chi connectivity index (χ1) is 9.40. The molecule has 0 aliphatic carbocycles. The second-order valence-corrected chi connectivity index (χ2v) is 5.64. The lowest BCUT2D eigenvalue weighted by atomic mass is 9.99. The first-order valence-corrected chi connectivity index (χ1v) is 7.79. The summed E-state index contributed by atoms with van der Waals surface area (Å²) in [5, 5.41) is 9.13. The molecule has 0 radical (unpaired) electrons. The Balaban J connectivity index is 1.66. The number of unbranched alkanes of at least 4 members (excludes halogenated alkanes) is 1. The Labute approximate surface area is 117 Å². The number of piperidine rings is 1. The summed E-state index contributed by atoms with van der Waals surface area (Å²) < 4.78 is 0. The van der Waals surface area contributed by atoms with Crippen LogP contribution in [0, 0.1) is 0 Å². The van der Waals surface area contributed by atoms with Crippen molar-refractivity contribution in [3.05, 3.63) is 35.9 Å². The smallest absolute Gasteiger partial charge is 0.0445 e. The van der Waals surface area contributed by atoms with Crippen LogP contribution in [0.3, 0.4) is 0 Å². The maximum atomic E-state index is 9.13. The second kappa shape index (κ2) is 8.34. The number of nitrogens with zero attached hydrogens (tertiary/aromatic N) is 1.